The molecule has 0 aliphatic carbocycles. The zero-order valence-corrected chi connectivity index (χ0v) is 18.5. The summed E-state index contributed by atoms with van der Waals surface area (Å²) in [7, 11) is 5.74. The van der Waals surface area contributed by atoms with Gasteiger partial charge in [0, 0.05) is 38.8 Å². The quantitative estimate of drug-likeness (QED) is 0.471. The number of rotatable bonds is 6. The molecule has 0 atom stereocenters. The van der Waals surface area contributed by atoms with Crippen LogP contribution in [0.15, 0.2) is 83.7 Å². The first-order chi connectivity index (χ1) is 15.4. The molecular formula is C26H26N4O2. The summed E-state index contributed by atoms with van der Waals surface area (Å²) in [4.78, 5) is 30.1. The zero-order valence-electron chi connectivity index (χ0n) is 18.5. The van der Waals surface area contributed by atoms with E-state index in [-0.39, 0.29) is 17.2 Å². The van der Waals surface area contributed by atoms with E-state index in [9.17, 15) is 9.59 Å². The molecule has 162 valence electrons. The van der Waals surface area contributed by atoms with Crippen molar-refractivity contribution >= 4 is 22.4 Å². The first-order valence-electron chi connectivity index (χ1n) is 10.5. The van der Waals surface area contributed by atoms with Crippen LogP contribution in [0.1, 0.15) is 21.6 Å². The van der Waals surface area contributed by atoms with Gasteiger partial charge in [-0.25, -0.2) is 4.68 Å². The van der Waals surface area contributed by atoms with Gasteiger partial charge in [0.15, 0.2) is 5.69 Å². The summed E-state index contributed by atoms with van der Waals surface area (Å²) < 4.78 is 1.38. The Kier molecular flexibility index (Phi) is 6.03. The average molecular weight is 427 g/mol. The maximum absolute atomic E-state index is 13.4. The summed E-state index contributed by atoms with van der Waals surface area (Å²) in [6.07, 6.45) is 0. The molecule has 32 heavy (non-hydrogen) atoms. The molecule has 0 aliphatic rings. The zero-order chi connectivity index (χ0) is 22.7. The Morgan fingerprint density at radius 3 is 2.09 bits per heavy atom. The van der Waals surface area contributed by atoms with E-state index in [1.807, 2.05) is 79.7 Å². The third kappa shape index (κ3) is 4.39. The van der Waals surface area contributed by atoms with Crippen LogP contribution in [0.5, 0.6) is 0 Å². The van der Waals surface area contributed by atoms with Gasteiger partial charge >= 0.3 is 0 Å². The summed E-state index contributed by atoms with van der Waals surface area (Å²) in [5.41, 5.74) is 3.15. The van der Waals surface area contributed by atoms with Gasteiger partial charge in [-0.05, 0) is 29.3 Å². The van der Waals surface area contributed by atoms with Crippen LogP contribution >= 0.6 is 0 Å². The summed E-state index contributed by atoms with van der Waals surface area (Å²) in [6.45, 7) is 0.751. The molecule has 3 aromatic carbocycles. The maximum atomic E-state index is 13.4. The molecular weight excluding hydrogens is 400 g/mol. The number of hydrogen-bond donors (Lipinski definition) is 0. The molecule has 0 radical (unpaired) electrons. The van der Waals surface area contributed by atoms with Crippen LogP contribution in [0.3, 0.4) is 0 Å². The molecule has 6 nitrogen and oxygen atoms in total. The first-order valence-corrected chi connectivity index (χ1v) is 10.5. The van der Waals surface area contributed by atoms with Crippen molar-refractivity contribution < 1.29 is 4.79 Å². The lowest BCUT2D eigenvalue weighted by Gasteiger charge is -2.19. The second-order valence-electron chi connectivity index (χ2n) is 8.06. The highest BCUT2D eigenvalue weighted by Crippen LogP contribution is 2.18. The van der Waals surface area contributed by atoms with Gasteiger partial charge in [0.2, 0.25) is 0 Å². The molecule has 0 N–H and O–H groups in total. The van der Waals surface area contributed by atoms with E-state index in [4.69, 9.17) is 0 Å². The highest BCUT2D eigenvalue weighted by atomic mass is 16.2. The van der Waals surface area contributed by atoms with Gasteiger partial charge in [0.25, 0.3) is 11.5 Å². The van der Waals surface area contributed by atoms with Crippen LogP contribution in [0.4, 0.5) is 5.69 Å². The highest BCUT2D eigenvalue weighted by molar-refractivity contribution is 6.04. The van der Waals surface area contributed by atoms with E-state index in [2.05, 4.69) is 5.10 Å². The molecule has 6 heteroatoms. The van der Waals surface area contributed by atoms with E-state index in [1.54, 1.807) is 30.1 Å². The van der Waals surface area contributed by atoms with Gasteiger partial charge in [-0.3, -0.25) is 9.59 Å². The molecule has 0 fully saturated rings. The van der Waals surface area contributed by atoms with E-state index in [0.717, 1.165) is 16.8 Å². The Morgan fingerprint density at radius 2 is 1.44 bits per heavy atom. The van der Waals surface area contributed by atoms with Crippen molar-refractivity contribution in [2.24, 2.45) is 0 Å². The number of aromatic nitrogens is 2. The fraction of sp³-hybridized carbons (Fsp3) is 0.192. The summed E-state index contributed by atoms with van der Waals surface area (Å²) in [6, 6.07) is 24.9. The van der Waals surface area contributed by atoms with Crippen LogP contribution in [-0.2, 0) is 13.1 Å². The number of nitrogens with zero attached hydrogens (tertiary/aromatic N) is 4. The maximum Gasteiger partial charge on any atom is 0.274 e. The van der Waals surface area contributed by atoms with Gasteiger partial charge in [0.1, 0.15) is 0 Å². The predicted octanol–water partition coefficient (Wildman–Crippen LogP) is 3.78. The van der Waals surface area contributed by atoms with Gasteiger partial charge in [-0.15, -0.1) is 0 Å². The predicted molar refractivity (Wildman–Crippen MR) is 128 cm³/mol. The minimum Gasteiger partial charge on any atom is -0.378 e. The number of hydrogen-bond acceptors (Lipinski definition) is 4. The van der Waals surface area contributed by atoms with Crippen molar-refractivity contribution in [2.45, 2.75) is 13.1 Å². The Labute approximate surface area is 187 Å². The molecule has 1 heterocycles. The molecule has 0 saturated carbocycles. The van der Waals surface area contributed by atoms with Gasteiger partial charge in [-0.1, -0.05) is 60.7 Å². The number of fused-ring (bicyclic) bond motifs is 1. The van der Waals surface area contributed by atoms with Gasteiger partial charge in [0.05, 0.1) is 11.9 Å². The molecule has 1 amide bonds. The van der Waals surface area contributed by atoms with Crippen molar-refractivity contribution in [2.75, 3.05) is 26.0 Å². The third-order valence-corrected chi connectivity index (χ3v) is 5.46. The normalized spacial score (nSPS) is 10.8. The fourth-order valence-corrected chi connectivity index (χ4v) is 3.68. The van der Waals surface area contributed by atoms with Crippen molar-refractivity contribution in [1.29, 1.82) is 0 Å². The van der Waals surface area contributed by atoms with Gasteiger partial charge < -0.3 is 9.80 Å². The van der Waals surface area contributed by atoms with Crippen molar-refractivity contribution in [3.63, 3.8) is 0 Å². The van der Waals surface area contributed by atoms with Crippen molar-refractivity contribution in [3.8, 4) is 0 Å². The fourth-order valence-electron chi connectivity index (χ4n) is 3.68. The third-order valence-electron chi connectivity index (χ3n) is 5.46. The first kappa shape index (κ1) is 21.3. The summed E-state index contributed by atoms with van der Waals surface area (Å²) >= 11 is 0. The van der Waals surface area contributed by atoms with Crippen molar-refractivity contribution in [1.82, 2.24) is 14.7 Å². The molecule has 0 spiro atoms. The minimum atomic E-state index is -0.223. The van der Waals surface area contributed by atoms with E-state index < -0.39 is 0 Å². The van der Waals surface area contributed by atoms with E-state index in [1.165, 1.54) is 4.68 Å². The lowest BCUT2D eigenvalue weighted by molar-refractivity contribution is 0.0779. The molecule has 0 bridgehead atoms. The van der Waals surface area contributed by atoms with Crippen molar-refractivity contribution in [3.05, 3.63) is 106 Å². The second-order valence-corrected chi connectivity index (χ2v) is 8.06. The molecule has 1 aromatic heterocycles. The Balaban J connectivity index is 1.68. The van der Waals surface area contributed by atoms with Crippen LogP contribution < -0.4 is 10.5 Å². The Bertz CT molecular complexity index is 1300. The summed E-state index contributed by atoms with van der Waals surface area (Å²) in [5, 5.41) is 5.56. The number of amides is 1. The smallest absolute Gasteiger partial charge is 0.274 e. The average Bonchev–Trinajstić information content (AvgIpc) is 2.81. The number of benzene rings is 3. The second kappa shape index (κ2) is 9.06. The SMILES string of the molecule is CN(Cc1ccc(N(C)C)cc1)C(=O)c1nn(Cc2ccccc2)c(=O)c2ccccc12. The summed E-state index contributed by atoms with van der Waals surface area (Å²) in [5.74, 6) is -0.223. The number of carbonyl (C=O) groups is 1. The largest absolute Gasteiger partial charge is 0.378 e. The Hall–Kier alpha value is -3.93. The van der Waals surface area contributed by atoms with Crippen LogP contribution in [0.2, 0.25) is 0 Å². The van der Waals surface area contributed by atoms with E-state index in [0.29, 0.717) is 23.9 Å². The topological polar surface area (TPSA) is 58.4 Å². The standard InChI is InChI=1S/C26H26N4O2/c1-28(2)21-15-13-20(14-16-21)17-29(3)26(32)24-22-11-7-8-12-23(22)25(31)30(27-24)18-19-9-5-4-6-10-19/h4-16H,17-18H2,1-3H3. The Morgan fingerprint density at radius 1 is 0.812 bits per heavy atom. The molecule has 0 saturated heterocycles. The van der Waals surface area contributed by atoms with Crippen LogP contribution in [0, 0.1) is 0 Å². The molecule has 4 rings (SSSR count). The molecule has 0 unspecified atom stereocenters. The monoisotopic (exact) mass is 426 g/mol. The van der Waals surface area contributed by atoms with Gasteiger partial charge in [-0.2, -0.15) is 5.10 Å². The number of anilines is 1. The lowest BCUT2D eigenvalue weighted by Crippen LogP contribution is -2.32. The van der Waals surface area contributed by atoms with Crippen LogP contribution in [-0.4, -0.2) is 41.7 Å². The minimum absolute atomic E-state index is 0.206. The number of carbonyl (C=O) groups excluding carboxylic acids is 1. The highest BCUT2D eigenvalue weighted by Gasteiger charge is 2.20. The molecule has 4 aromatic rings. The van der Waals surface area contributed by atoms with Crippen LogP contribution in [0.25, 0.3) is 10.8 Å². The van der Waals surface area contributed by atoms with E-state index >= 15 is 0 Å². The lowest BCUT2D eigenvalue weighted by atomic mass is 10.1. The molecule has 0 aliphatic heterocycles.